The van der Waals surface area contributed by atoms with Gasteiger partial charge in [0.15, 0.2) is 0 Å². The quantitative estimate of drug-likeness (QED) is 0.820. The minimum atomic E-state index is -0.0861. The van der Waals surface area contributed by atoms with Crippen LogP contribution in [0.5, 0.6) is 0 Å². The van der Waals surface area contributed by atoms with Gasteiger partial charge in [0.1, 0.15) is 12.2 Å². The number of amides is 1. The molecule has 3 aliphatic heterocycles. The average Bonchev–Trinajstić information content (AvgIpc) is 3.08. The fourth-order valence-electron chi connectivity index (χ4n) is 4.31. The van der Waals surface area contributed by atoms with E-state index < -0.39 is 0 Å². The van der Waals surface area contributed by atoms with E-state index in [-0.39, 0.29) is 18.1 Å². The molecule has 0 aromatic heterocycles. The highest BCUT2D eigenvalue weighted by atomic mass is 16.5. The molecule has 3 aliphatic rings. The second kappa shape index (κ2) is 7.44. The lowest BCUT2D eigenvalue weighted by Gasteiger charge is -2.47. The van der Waals surface area contributed by atoms with Gasteiger partial charge in [0.05, 0.1) is 26.3 Å². The Morgan fingerprint density at radius 2 is 1.92 bits per heavy atom. The summed E-state index contributed by atoms with van der Waals surface area (Å²) >= 11 is 0. The van der Waals surface area contributed by atoms with Crippen LogP contribution in [0.15, 0.2) is 30.3 Å². The van der Waals surface area contributed by atoms with E-state index in [1.807, 2.05) is 35.2 Å². The highest BCUT2D eigenvalue weighted by molar-refractivity contribution is 5.78. The minimum absolute atomic E-state index is 0.0755. The van der Waals surface area contributed by atoms with Crippen LogP contribution in [0.1, 0.15) is 31.2 Å². The molecule has 5 heteroatoms. The molecule has 1 amide bonds. The summed E-state index contributed by atoms with van der Waals surface area (Å²) in [5, 5.41) is 0. The van der Waals surface area contributed by atoms with Crippen LogP contribution in [0.25, 0.3) is 0 Å². The van der Waals surface area contributed by atoms with Gasteiger partial charge in [-0.15, -0.1) is 0 Å². The Labute approximate surface area is 149 Å². The molecule has 4 rings (SSSR count). The summed E-state index contributed by atoms with van der Waals surface area (Å²) in [4.78, 5) is 16.7. The first-order valence-corrected chi connectivity index (χ1v) is 9.52. The van der Waals surface area contributed by atoms with Crippen molar-refractivity contribution in [2.45, 2.75) is 43.9 Å². The van der Waals surface area contributed by atoms with E-state index in [9.17, 15) is 4.79 Å². The fraction of sp³-hybridized carbons (Fsp3) is 0.650. The lowest BCUT2D eigenvalue weighted by molar-refractivity contribution is -0.162. The van der Waals surface area contributed by atoms with Crippen molar-refractivity contribution in [1.82, 2.24) is 9.80 Å². The van der Waals surface area contributed by atoms with Gasteiger partial charge in [-0.2, -0.15) is 0 Å². The molecule has 0 bridgehead atoms. The molecule has 3 fully saturated rings. The second-order valence-corrected chi connectivity index (χ2v) is 7.68. The van der Waals surface area contributed by atoms with Crippen LogP contribution in [0.2, 0.25) is 0 Å². The summed E-state index contributed by atoms with van der Waals surface area (Å²) in [6.45, 7) is 5.34. The lowest BCUT2D eigenvalue weighted by Crippen LogP contribution is -2.64. The zero-order chi connectivity index (χ0) is 17.1. The summed E-state index contributed by atoms with van der Waals surface area (Å²) in [5.74, 6) is 0.0755. The zero-order valence-corrected chi connectivity index (χ0v) is 14.9. The maximum Gasteiger partial charge on any atom is 0.248 e. The number of piperidine rings is 1. The number of hydrogen-bond acceptors (Lipinski definition) is 4. The third kappa shape index (κ3) is 3.89. The standard InChI is InChI=1S/C20H28N2O3/c23-19(14-24-12-17-7-3-1-4-8-17)22-15-20(16-22)11-18(13-25-20)21-9-5-2-6-10-21/h1,3-4,7-8,18H,2,5-6,9-16H2. The molecule has 25 heavy (non-hydrogen) atoms. The van der Waals surface area contributed by atoms with Gasteiger partial charge >= 0.3 is 0 Å². The summed E-state index contributed by atoms with van der Waals surface area (Å²) in [6, 6.07) is 10.5. The monoisotopic (exact) mass is 344 g/mol. The van der Waals surface area contributed by atoms with E-state index >= 15 is 0 Å². The molecular weight excluding hydrogens is 316 g/mol. The molecule has 1 aromatic rings. The van der Waals surface area contributed by atoms with Crippen molar-refractivity contribution in [2.75, 3.05) is 39.4 Å². The molecule has 0 radical (unpaired) electrons. The van der Waals surface area contributed by atoms with Crippen LogP contribution < -0.4 is 0 Å². The largest absolute Gasteiger partial charge is 0.370 e. The first kappa shape index (κ1) is 17.0. The first-order valence-electron chi connectivity index (χ1n) is 9.52. The fourth-order valence-corrected chi connectivity index (χ4v) is 4.31. The van der Waals surface area contributed by atoms with E-state index in [1.165, 1.54) is 32.4 Å². The van der Waals surface area contributed by atoms with Crippen LogP contribution in [-0.2, 0) is 20.9 Å². The van der Waals surface area contributed by atoms with Crippen LogP contribution in [0.4, 0.5) is 0 Å². The molecule has 136 valence electrons. The number of ether oxygens (including phenoxy) is 2. The van der Waals surface area contributed by atoms with E-state index in [0.717, 1.165) is 31.7 Å². The minimum Gasteiger partial charge on any atom is -0.370 e. The van der Waals surface area contributed by atoms with Crippen molar-refractivity contribution in [3.05, 3.63) is 35.9 Å². The molecular formula is C20H28N2O3. The van der Waals surface area contributed by atoms with E-state index in [2.05, 4.69) is 4.90 Å². The van der Waals surface area contributed by atoms with Gasteiger partial charge in [0.2, 0.25) is 5.91 Å². The Kier molecular flexibility index (Phi) is 5.06. The maximum atomic E-state index is 12.3. The van der Waals surface area contributed by atoms with Crippen molar-refractivity contribution in [3.63, 3.8) is 0 Å². The van der Waals surface area contributed by atoms with Gasteiger partial charge in [-0.3, -0.25) is 9.69 Å². The number of benzene rings is 1. The van der Waals surface area contributed by atoms with Crippen LogP contribution in [0, 0.1) is 0 Å². The Bertz CT molecular complexity index is 580. The second-order valence-electron chi connectivity index (χ2n) is 7.68. The summed E-state index contributed by atoms with van der Waals surface area (Å²) in [6.07, 6.45) is 5.06. The molecule has 0 saturated carbocycles. The summed E-state index contributed by atoms with van der Waals surface area (Å²) in [7, 11) is 0. The van der Waals surface area contributed by atoms with Crippen molar-refractivity contribution < 1.29 is 14.3 Å². The molecule has 1 unspecified atom stereocenters. The number of carbonyl (C=O) groups is 1. The summed E-state index contributed by atoms with van der Waals surface area (Å²) in [5.41, 5.74) is 1.01. The first-order chi connectivity index (χ1) is 12.2. The van der Waals surface area contributed by atoms with Gasteiger partial charge < -0.3 is 14.4 Å². The molecule has 0 N–H and O–H groups in total. The normalized spacial score (nSPS) is 25.9. The molecule has 1 spiro atoms. The Balaban J connectivity index is 1.19. The average molecular weight is 344 g/mol. The van der Waals surface area contributed by atoms with E-state index in [0.29, 0.717) is 12.6 Å². The molecule has 1 aromatic carbocycles. The number of likely N-dealkylation sites (tertiary alicyclic amines) is 2. The maximum absolute atomic E-state index is 12.3. The molecule has 3 saturated heterocycles. The third-order valence-electron chi connectivity index (χ3n) is 5.74. The highest BCUT2D eigenvalue weighted by Crippen LogP contribution is 2.37. The molecule has 5 nitrogen and oxygen atoms in total. The Morgan fingerprint density at radius 1 is 1.16 bits per heavy atom. The van der Waals surface area contributed by atoms with E-state index in [1.54, 1.807) is 0 Å². The number of nitrogens with zero attached hydrogens (tertiary/aromatic N) is 2. The molecule has 0 aliphatic carbocycles. The zero-order valence-electron chi connectivity index (χ0n) is 14.9. The molecule has 1 atom stereocenters. The predicted molar refractivity (Wildman–Crippen MR) is 95.2 cm³/mol. The number of rotatable bonds is 5. The van der Waals surface area contributed by atoms with Crippen molar-refractivity contribution in [3.8, 4) is 0 Å². The van der Waals surface area contributed by atoms with Crippen molar-refractivity contribution in [1.29, 1.82) is 0 Å². The summed E-state index contributed by atoms with van der Waals surface area (Å²) < 4.78 is 11.7. The van der Waals surface area contributed by atoms with Gasteiger partial charge in [0, 0.05) is 6.04 Å². The van der Waals surface area contributed by atoms with E-state index in [4.69, 9.17) is 9.47 Å². The molecule has 3 heterocycles. The highest BCUT2D eigenvalue weighted by Gasteiger charge is 2.52. The Morgan fingerprint density at radius 3 is 2.68 bits per heavy atom. The van der Waals surface area contributed by atoms with Gasteiger partial charge in [-0.25, -0.2) is 0 Å². The Hall–Kier alpha value is -1.43. The van der Waals surface area contributed by atoms with Crippen LogP contribution >= 0.6 is 0 Å². The van der Waals surface area contributed by atoms with Gasteiger partial charge in [0.25, 0.3) is 0 Å². The lowest BCUT2D eigenvalue weighted by atomic mass is 9.88. The van der Waals surface area contributed by atoms with Crippen LogP contribution in [-0.4, -0.2) is 66.7 Å². The number of carbonyl (C=O) groups excluding carboxylic acids is 1. The smallest absolute Gasteiger partial charge is 0.248 e. The number of hydrogen-bond donors (Lipinski definition) is 0. The predicted octanol–water partition coefficient (Wildman–Crippen LogP) is 2.06. The van der Waals surface area contributed by atoms with Crippen molar-refractivity contribution >= 4 is 5.91 Å². The topological polar surface area (TPSA) is 42.0 Å². The van der Waals surface area contributed by atoms with Crippen molar-refractivity contribution in [2.24, 2.45) is 0 Å². The third-order valence-corrected chi connectivity index (χ3v) is 5.74. The SMILES string of the molecule is O=C(COCc1ccccc1)N1CC2(CC(N3CCCCC3)CO2)C1. The van der Waals surface area contributed by atoms with Crippen LogP contribution in [0.3, 0.4) is 0 Å². The van der Waals surface area contributed by atoms with Gasteiger partial charge in [-0.05, 0) is 37.9 Å². The van der Waals surface area contributed by atoms with Gasteiger partial charge in [-0.1, -0.05) is 36.8 Å².